The molecule has 8 heteroatoms. The second-order valence-electron chi connectivity index (χ2n) is 3.90. The topological polar surface area (TPSA) is 94.0 Å². The molecule has 0 saturated carbocycles. The lowest BCUT2D eigenvalue weighted by Crippen LogP contribution is -2.32. The molecule has 0 amide bonds. The second-order valence-corrected chi connectivity index (χ2v) is 4.74. The molecule has 0 aliphatic rings. The summed E-state index contributed by atoms with van der Waals surface area (Å²) < 4.78 is 1.43. The van der Waals surface area contributed by atoms with Crippen LogP contribution in [0.5, 0.6) is 0 Å². The SMILES string of the molecule is NC(Cc1cn(-c2cc(Cl)ccc2Cl)nn1)C(=O)O. The zero-order valence-electron chi connectivity index (χ0n) is 9.62. The van der Waals surface area contributed by atoms with Crippen LogP contribution in [0.25, 0.3) is 5.69 Å². The molecule has 1 aromatic heterocycles. The molecule has 0 aliphatic heterocycles. The number of nitrogens with zero attached hydrogens (tertiary/aromatic N) is 3. The highest BCUT2D eigenvalue weighted by molar-refractivity contribution is 6.34. The number of aromatic nitrogens is 3. The number of carboxylic acids is 1. The fraction of sp³-hybridized carbons (Fsp3) is 0.182. The molecule has 2 rings (SSSR count). The monoisotopic (exact) mass is 300 g/mol. The normalized spacial score (nSPS) is 12.4. The van der Waals surface area contributed by atoms with Gasteiger partial charge in [0.15, 0.2) is 0 Å². The lowest BCUT2D eigenvalue weighted by molar-refractivity contribution is -0.138. The van der Waals surface area contributed by atoms with Crippen LogP contribution in [0.15, 0.2) is 24.4 Å². The molecular formula is C11H10Cl2N4O2. The van der Waals surface area contributed by atoms with Gasteiger partial charge in [-0.05, 0) is 18.2 Å². The van der Waals surface area contributed by atoms with Gasteiger partial charge >= 0.3 is 5.97 Å². The van der Waals surface area contributed by atoms with Crippen molar-refractivity contribution in [2.75, 3.05) is 0 Å². The van der Waals surface area contributed by atoms with E-state index in [0.29, 0.717) is 21.4 Å². The highest BCUT2D eigenvalue weighted by Gasteiger charge is 2.15. The average molecular weight is 301 g/mol. The lowest BCUT2D eigenvalue weighted by Gasteiger charge is -2.03. The number of aliphatic carboxylic acids is 1. The average Bonchev–Trinajstić information content (AvgIpc) is 2.80. The fourth-order valence-corrected chi connectivity index (χ4v) is 1.85. The van der Waals surface area contributed by atoms with Gasteiger partial charge in [0.1, 0.15) is 6.04 Å². The molecule has 1 atom stereocenters. The summed E-state index contributed by atoms with van der Waals surface area (Å²) in [6, 6.07) is 3.93. The van der Waals surface area contributed by atoms with E-state index in [1.54, 1.807) is 24.4 Å². The van der Waals surface area contributed by atoms with Crippen LogP contribution in [-0.4, -0.2) is 32.1 Å². The first kappa shape index (κ1) is 13.8. The Hall–Kier alpha value is -1.63. The quantitative estimate of drug-likeness (QED) is 0.893. The maximum atomic E-state index is 10.7. The number of carbonyl (C=O) groups is 1. The summed E-state index contributed by atoms with van der Waals surface area (Å²) in [7, 11) is 0. The summed E-state index contributed by atoms with van der Waals surface area (Å²) in [5, 5.41) is 17.4. The van der Waals surface area contributed by atoms with Gasteiger partial charge in [-0.1, -0.05) is 28.4 Å². The van der Waals surface area contributed by atoms with Crippen LogP contribution < -0.4 is 5.73 Å². The standard InChI is InChI=1S/C11H10Cl2N4O2/c12-6-1-2-8(13)10(3-6)17-5-7(15-16-17)4-9(14)11(18)19/h1-3,5,9H,4,14H2,(H,18,19). The van der Waals surface area contributed by atoms with Gasteiger partial charge in [-0.15, -0.1) is 5.10 Å². The minimum atomic E-state index is -1.09. The molecule has 0 spiro atoms. The Morgan fingerprint density at radius 1 is 1.47 bits per heavy atom. The zero-order chi connectivity index (χ0) is 14.0. The van der Waals surface area contributed by atoms with Gasteiger partial charge in [-0.3, -0.25) is 4.79 Å². The van der Waals surface area contributed by atoms with E-state index in [1.807, 2.05) is 0 Å². The van der Waals surface area contributed by atoms with Crippen molar-refractivity contribution >= 4 is 29.2 Å². The molecule has 0 radical (unpaired) electrons. The van der Waals surface area contributed by atoms with Crippen molar-refractivity contribution in [3.8, 4) is 5.69 Å². The number of benzene rings is 1. The Kier molecular flexibility index (Phi) is 4.04. The first-order valence-electron chi connectivity index (χ1n) is 5.32. The van der Waals surface area contributed by atoms with E-state index < -0.39 is 12.0 Å². The summed E-state index contributed by atoms with van der Waals surface area (Å²) >= 11 is 11.9. The highest BCUT2D eigenvalue weighted by Crippen LogP contribution is 2.23. The zero-order valence-corrected chi connectivity index (χ0v) is 11.1. The molecule has 0 bridgehead atoms. The first-order chi connectivity index (χ1) is 8.97. The smallest absolute Gasteiger partial charge is 0.320 e. The maximum absolute atomic E-state index is 10.7. The van der Waals surface area contributed by atoms with Crippen LogP contribution in [0.3, 0.4) is 0 Å². The minimum Gasteiger partial charge on any atom is -0.480 e. The van der Waals surface area contributed by atoms with E-state index in [2.05, 4.69) is 10.3 Å². The number of rotatable bonds is 4. The molecule has 2 aromatic rings. The maximum Gasteiger partial charge on any atom is 0.320 e. The van der Waals surface area contributed by atoms with Gasteiger partial charge in [0.2, 0.25) is 0 Å². The van der Waals surface area contributed by atoms with E-state index in [-0.39, 0.29) is 6.42 Å². The van der Waals surface area contributed by atoms with Gasteiger partial charge in [0.05, 0.1) is 22.6 Å². The largest absolute Gasteiger partial charge is 0.480 e. The summed E-state index contributed by atoms with van der Waals surface area (Å²) in [6.45, 7) is 0. The van der Waals surface area contributed by atoms with Crippen LogP contribution in [0.1, 0.15) is 5.69 Å². The van der Waals surface area contributed by atoms with Crippen LogP contribution in [0.2, 0.25) is 10.0 Å². The predicted octanol–water partition coefficient (Wildman–Crippen LogP) is 1.53. The van der Waals surface area contributed by atoms with Gasteiger partial charge in [-0.25, -0.2) is 4.68 Å². The van der Waals surface area contributed by atoms with Crippen molar-refractivity contribution < 1.29 is 9.90 Å². The Bertz CT molecular complexity index is 614. The first-order valence-corrected chi connectivity index (χ1v) is 6.08. The molecule has 0 fully saturated rings. The third kappa shape index (κ3) is 3.23. The van der Waals surface area contributed by atoms with Crippen molar-refractivity contribution in [3.05, 3.63) is 40.1 Å². The Morgan fingerprint density at radius 2 is 2.21 bits per heavy atom. The van der Waals surface area contributed by atoms with Gasteiger partial charge in [0, 0.05) is 11.4 Å². The van der Waals surface area contributed by atoms with Crippen molar-refractivity contribution in [1.29, 1.82) is 0 Å². The molecule has 100 valence electrons. The lowest BCUT2D eigenvalue weighted by atomic mass is 10.2. The summed E-state index contributed by atoms with van der Waals surface area (Å²) in [5.74, 6) is -1.09. The van der Waals surface area contributed by atoms with E-state index in [9.17, 15) is 4.79 Å². The Labute approximate surface area is 118 Å². The van der Waals surface area contributed by atoms with Crippen LogP contribution in [-0.2, 0) is 11.2 Å². The van der Waals surface area contributed by atoms with Gasteiger partial charge < -0.3 is 10.8 Å². The van der Waals surface area contributed by atoms with E-state index in [1.165, 1.54) is 4.68 Å². The summed E-state index contributed by atoms with van der Waals surface area (Å²) in [6.07, 6.45) is 1.66. The number of hydrogen-bond acceptors (Lipinski definition) is 4. The van der Waals surface area contributed by atoms with E-state index in [0.717, 1.165) is 0 Å². The van der Waals surface area contributed by atoms with Crippen molar-refractivity contribution in [2.45, 2.75) is 12.5 Å². The molecule has 0 aliphatic carbocycles. The fourth-order valence-electron chi connectivity index (χ4n) is 1.48. The third-order valence-electron chi connectivity index (χ3n) is 2.44. The molecular weight excluding hydrogens is 291 g/mol. The number of carboxylic acid groups (broad SMARTS) is 1. The molecule has 3 N–H and O–H groups in total. The van der Waals surface area contributed by atoms with Crippen LogP contribution in [0.4, 0.5) is 0 Å². The molecule has 1 unspecified atom stereocenters. The molecule has 6 nitrogen and oxygen atoms in total. The molecule has 19 heavy (non-hydrogen) atoms. The van der Waals surface area contributed by atoms with Crippen molar-refractivity contribution in [1.82, 2.24) is 15.0 Å². The third-order valence-corrected chi connectivity index (χ3v) is 3.00. The van der Waals surface area contributed by atoms with Crippen LogP contribution >= 0.6 is 23.2 Å². The van der Waals surface area contributed by atoms with Crippen LogP contribution in [0, 0.1) is 0 Å². The molecule has 1 heterocycles. The van der Waals surface area contributed by atoms with E-state index in [4.69, 9.17) is 34.0 Å². The molecule has 0 saturated heterocycles. The Balaban J connectivity index is 2.26. The summed E-state index contributed by atoms with van der Waals surface area (Å²) in [4.78, 5) is 10.7. The number of hydrogen-bond donors (Lipinski definition) is 2. The summed E-state index contributed by atoms with van der Waals surface area (Å²) in [5.41, 5.74) is 6.46. The Morgan fingerprint density at radius 3 is 2.89 bits per heavy atom. The number of halogens is 2. The second kappa shape index (κ2) is 5.56. The van der Waals surface area contributed by atoms with Gasteiger partial charge in [0.25, 0.3) is 0 Å². The predicted molar refractivity (Wildman–Crippen MR) is 70.7 cm³/mol. The molecule has 1 aromatic carbocycles. The minimum absolute atomic E-state index is 0.0908. The van der Waals surface area contributed by atoms with Crippen molar-refractivity contribution in [3.63, 3.8) is 0 Å². The van der Waals surface area contributed by atoms with E-state index >= 15 is 0 Å². The van der Waals surface area contributed by atoms with Crippen molar-refractivity contribution in [2.24, 2.45) is 5.73 Å². The highest BCUT2D eigenvalue weighted by atomic mass is 35.5. The van der Waals surface area contributed by atoms with Gasteiger partial charge in [-0.2, -0.15) is 0 Å². The number of nitrogens with two attached hydrogens (primary N) is 1.